The molecule has 74 heavy (non-hydrogen) atoms. The number of nitrogens with two attached hydrogens (primary N) is 3. The summed E-state index contributed by atoms with van der Waals surface area (Å²) in [5.74, 6) is -2.52. The third-order valence-corrected chi connectivity index (χ3v) is 10.3. The molecular weight excluding hydrogens is 985 g/mol. The standard InChI is InChI=1S/C21H16FN9O.C14H10N8O2.C8H7ClN6O2.CH4/c22-14-2-1-7-24-15(14)4-5-16(32)19-20(23)29-21(31-26-8-9-27-31)18(28-19)13-3-6-17-25-10-11-30(17)12-13;15-12-11(14(23)24)19-10(13(20-12)22-17-3-4-18-22)8-1-2-9-16-5-6-21(9)7-8;1-17-8(16)4-6(10)14-7(5(9)13-4)15-11-2-3-12-15;/h1-3,6-12H,4-5H2,(H2,23,29);1-7H,(H2,15,20)(H,23,24);2-3H,1H3,(H2,10,14);1H4. The number of ketones is 1. The molecule has 11 aromatic rings. The van der Waals surface area contributed by atoms with Crippen molar-refractivity contribution in [2.24, 2.45) is 0 Å². The molecule has 0 aliphatic rings. The molecule has 11 rings (SSSR count). The topological polar surface area (TPSA) is 376 Å². The van der Waals surface area contributed by atoms with Gasteiger partial charge in [-0.2, -0.15) is 30.6 Å². The Balaban J connectivity index is 0.000000154. The molecule has 0 saturated heterocycles. The fourth-order valence-electron chi connectivity index (χ4n) is 6.75. The summed E-state index contributed by atoms with van der Waals surface area (Å²) in [6, 6.07) is 9.98. The number of hydrogen-bond acceptors (Lipinski definition) is 22. The highest BCUT2D eigenvalue weighted by Crippen LogP contribution is 2.28. The largest absolute Gasteiger partial charge is 0.476 e. The molecule has 30 heteroatoms. The lowest BCUT2D eigenvalue weighted by Crippen LogP contribution is -2.15. The van der Waals surface area contributed by atoms with E-state index >= 15 is 0 Å². The van der Waals surface area contributed by atoms with E-state index in [-0.39, 0.29) is 88.9 Å². The molecule has 0 amide bonds. The van der Waals surface area contributed by atoms with Crippen molar-refractivity contribution in [3.05, 3.63) is 151 Å². The van der Waals surface area contributed by atoms with Gasteiger partial charge in [0.1, 0.15) is 34.2 Å². The SMILES string of the molecule is C.COC(=O)c1nc(Cl)c(-n2nccn2)nc1N.Nc1nc(-n2nccn2)c(-c2ccc3nccn3c2)nc1C(=O)CCc1ncccc1F.Nc1nc(-n2nccn2)c(-c2ccc3nccn3c2)nc1C(=O)O. The third kappa shape index (κ3) is 10.5. The molecule has 11 heterocycles. The first-order valence-electron chi connectivity index (χ1n) is 20.9. The fourth-order valence-corrected chi connectivity index (χ4v) is 6.95. The maximum absolute atomic E-state index is 13.9. The minimum absolute atomic E-state index is 0. The van der Waals surface area contributed by atoms with Gasteiger partial charge < -0.3 is 35.8 Å². The summed E-state index contributed by atoms with van der Waals surface area (Å²) in [7, 11) is 1.21. The van der Waals surface area contributed by atoms with Crippen LogP contribution in [0, 0.1) is 5.82 Å². The van der Waals surface area contributed by atoms with Gasteiger partial charge in [-0.3, -0.25) is 9.78 Å². The summed E-state index contributed by atoms with van der Waals surface area (Å²) in [5, 5.41) is 33.2. The molecule has 0 unspecified atom stereocenters. The van der Waals surface area contributed by atoms with Gasteiger partial charge in [-0.1, -0.05) is 19.0 Å². The monoisotopic (exact) mass is 1020 g/mol. The van der Waals surface area contributed by atoms with E-state index in [2.05, 4.69) is 80.2 Å². The summed E-state index contributed by atoms with van der Waals surface area (Å²) >= 11 is 5.86. The molecule has 0 atom stereocenters. The van der Waals surface area contributed by atoms with Gasteiger partial charge in [0, 0.05) is 60.9 Å². The number of rotatable bonds is 11. The van der Waals surface area contributed by atoms with Crippen LogP contribution in [0.2, 0.25) is 5.15 Å². The summed E-state index contributed by atoms with van der Waals surface area (Å²) < 4.78 is 22.0. The van der Waals surface area contributed by atoms with Crippen LogP contribution in [0.4, 0.5) is 21.8 Å². The highest BCUT2D eigenvalue weighted by atomic mass is 35.5. The number of pyridine rings is 3. The molecule has 372 valence electrons. The molecule has 0 spiro atoms. The number of ether oxygens (including phenoxy) is 1. The van der Waals surface area contributed by atoms with Crippen LogP contribution in [0.25, 0.3) is 51.3 Å². The Morgan fingerprint density at radius 2 is 1.08 bits per heavy atom. The lowest BCUT2D eigenvalue weighted by atomic mass is 10.1. The number of Topliss-reactive ketones (excluding diaryl/α,β-unsaturated/α-hetero) is 1. The summed E-state index contributed by atoms with van der Waals surface area (Å²) in [6.07, 6.45) is 20.9. The molecule has 0 fully saturated rings. The number of halogens is 2. The molecule has 0 bridgehead atoms. The first kappa shape index (κ1) is 49.8. The van der Waals surface area contributed by atoms with Crippen molar-refractivity contribution in [3.63, 3.8) is 0 Å². The lowest BCUT2D eigenvalue weighted by molar-refractivity contribution is 0.0593. The van der Waals surface area contributed by atoms with Crippen molar-refractivity contribution < 1.29 is 28.6 Å². The zero-order chi connectivity index (χ0) is 51.2. The van der Waals surface area contributed by atoms with Crippen LogP contribution >= 0.6 is 11.6 Å². The Labute approximate surface area is 419 Å². The minimum atomic E-state index is -1.26. The van der Waals surface area contributed by atoms with Crippen LogP contribution in [0.15, 0.2) is 117 Å². The van der Waals surface area contributed by atoms with Gasteiger partial charge in [0.15, 0.2) is 39.8 Å². The maximum Gasteiger partial charge on any atom is 0.360 e. The number of carboxylic acids is 1. The number of aromatic nitrogens is 20. The van der Waals surface area contributed by atoms with E-state index < -0.39 is 17.8 Å². The van der Waals surface area contributed by atoms with E-state index in [1.807, 2.05) is 22.7 Å². The number of aryl methyl sites for hydroxylation is 1. The smallest absolute Gasteiger partial charge is 0.360 e. The number of imidazole rings is 2. The Morgan fingerprint density at radius 3 is 1.58 bits per heavy atom. The van der Waals surface area contributed by atoms with E-state index in [4.69, 9.17) is 28.8 Å². The van der Waals surface area contributed by atoms with Gasteiger partial charge in [-0.25, -0.2) is 53.9 Å². The summed E-state index contributed by atoms with van der Waals surface area (Å²) in [6.45, 7) is 0. The minimum Gasteiger partial charge on any atom is -0.476 e. The van der Waals surface area contributed by atoms with E-state index in [0.29, 0.717) is 22.5 Å². The summed E-state index contributed by atoms with van der Waals surface area (Å²) in [5.41, 5.74) is 20.6. The van der Waals surface area contributed by atoms with Crippen LogP contribution in [-0.4, -0.2) is 129 Å². The number of aromatic carboxylic acids is 1. The van der Waals surface area contributed by atoms with Crippen molar-refractivity contribution in [2.45, 2.75) is 20.3 Å². The van der Waals surface area contributed by atoms with Crippen molar-refractivity contribution in [1.29, 1.82) is 0 Å². The maximum atomic E-state index is 13.9. The Bertz CT molecular complexity index is 3790. The van der Waals surface area contributed by atoms with Crippen LogP contribution in [0.5, 0.6) is 0 Å². The lowest BCUT2D eigenvalue weighted by Gasteiger charge is -2.12. The van der Waals surface area contributed by atoms with E-state index in [9.17, 15) is 23.9 Å². The molecule has 0 aliphatic carbocycles. The highest BCUT2D eigenvalue weighted by Gasteiger charge is 2.24. The second-order valence-corrected chi connectivity index (χ2v) is 15.0. The Hall–Kier alpha value is -10.6. The number of anilines is 3. The number of hydrogen-bond donors (Lipinski definition) is 4. The van der Waals surface area contributed by atoms with Crippen molar-refractivity contribution in [3.8, 4) is 40.0 Å². The predicted octanol–water partition coefficient (Wildman–Crippen LogP) is 3.67. The molecular formula is C44H37ClFN23O5. The number of carbonyl (C=O) groups is 3. The van der Waals surface area contributed by atoms with Gasteiger partial charge in [0.2, 0.25) is 17.5 Å². The first-order chi connectivity index (χ1) is 35.4. The van der Waals surface area contributed by atoms with Gasteiger partial charge in [-0.05, 0) is 42.8 Å². The zero-order valence-corrected chi connectivity index (χ0v) is 38.2. The van der Waals surface area contributed by atoms with Gasteiger partial charge in [-0.15, -0.1) is 14.4 Å². The normalized spacial score (nSPS) is 10.7. The van der Waals surface area contributed by atoms with Crippen molar-refractivity contribution >= 4 is 58.1 Å². The van der Waals surface area contributed by atoms with Crippen molar-refractivity contribution in [2.75, 3.05) is 24.3 Å². The van der Waals surface area contributed by atoms with Crippen LogP contribution in [0.1, 0.15) is 51.0 Å². The third-order valence-electron chi connectivity index (χ3n) is 10.1. The zero-order valence-electron chi connectivity index (χ0n) is 37.4. The van der Waals surface area contributed by atoms with Gasteiger partial charge in [0.05, 0.1) is 50.0 Å². The quantitative estimate of drug-likeness (QED) is 0.106. The van der Waals surface area contributed by atoms with E-state index in [0.717, 1.165) is 16.1 Å². The van der Waals surface area contributed by atoms with E-state index in [1.165, 1.54) is 72.2 Å². The second-order valence-electron chi connectivity index (χ2n) is 14.7. The number of nitrogen functional groups attached to an aromatic ring is 3. The molecule has 0 aliphatic heterocycles. The number of esters is 1. The number of methoxy groups -OCH3 is 1. The summed E-state index contributed by atoms with van der Waals surface area (Å²) in [4.78, 5) is 76.5. The molecule has 0 radical (unpaired) electrons. The predicted molar refractivity (Wildman–Crippen MR) is 259 cm³/mol. The number of carbonyl (C=O) groups excluding carboxylic acids is 2. The van der Waals surface area contributed by atoms with Crippen LogP contribution in [0.3, 0.4) is 0 Å². The molecule has 11 aromatic heterocycles. The average Bonchev–Trinajstić information content (AvgIpc) is 4.27. The number of nitrogens with zero attached hydrogens (tertiary/aromatic N) is 20. The Morgan fingerprint density at radius 1 is 0.608 bits per heavy atom. The van der Waals surface area contributed by atoms with Gasteiger partial charge in [0.25, 0.3) is 0 Å². The first-order valence-corrected chi connectivity index (χ1v) is 21.3. The van der Waals surface area contributed by atoms with Crippen LogP contribution in [-0.2, 0) is 11.2 Å². The number of fused-ring (bicyclic) bond motifs is 2. The van der Waals surface area contributed by atoms with E-state index in [1.54, 1.807) is 47.5 Å². The fraction of sp³-hybridized carbons (Fsp3) is 0.0909. The second kappa shape index (κ2) is 21.6. The Kier molecular flexibility index (Phi) is 14.5. The molecule has 7 N–H and O–H groups in total. The highest BCUT2D eigenvalue weighted by molar-refractivity contribution is 6.31. The van der Waals surface area contributed by atoms with Crippen LogP contribution < -0.4 is 17.2 Å². The van der Waals surface area contributed by atoms with Crippen molar-refractivity contribution in [1.82, 2.24) is 98.6 Å². The molecule has 28 nitrogen and oxygen atoms in total. The molecule has 0 saturated carbocycles. The number of carboxylic acid groups (broad SMARTS) is 1. The molecule has 0 aromatic carbocycles. The van der Waals surface area contributed by atoms with Gasteiger partial charge >= 0.3 is 11.9 Å². The average molecular weight is 1020 g/mol.